The zero-order chi connectivity index (χ0) is 26.9. The van der Waals surface area contributed by atoms with Crippen molar-refractivity contribution in [1.29, 1.82) is 5.26 Å². The summed E-state index contributed by atoms with van der Waals surface area (Å²) >= 11 is 0. The largest absolute Gasteiger partial charge is 0.478 e. The van der Waals surface area contributed by atoms with Gasteiger partial charge >= 0.3 is 5.97 Å². The molecule has 8 heteroatoms. The lowest BCUT2D eigenvalue weighted by Gasteiger charge is -2.24. The number of hydrogen-bond donors (Lipinski definition) is 1. The van der Waals surface area contributed by atoms with E-state index in [0.29, 0.717) is 41.2 Å². The highest BCUT2D eigenvalue weighted by Gasteiger charge is 2.29. The topological polar surface area (TPSA) is 82.2 Å². The average Bonchev–Trinajstić information content (AvgIpc) is 3.08. The number of nitriles is 1. The van der Waals surface area contributed by atoms with Gasteiger partial charge < -0.3 is 14.6 Å². The van der Waals surface area contributed by atoms with Crippen molar-refractivity contribution in [2.45, 2.75) is 44.6 Å². The van der Waals surface area contributed by atoms with Crippen LogP contribution in [0.25, 0.3) is 11.0 Å². The molecule has 0 spiro atoms. The summed E-state index contributed by atoms with van der Waals surface area (Å²) in [6, 6.07) is 21.2. The molecule has 0 saturated carbocycles. The van der Waals surface area contributed by atoms with Gasteiger partial charge in [0.15, 0.2) is 0 Å². The van der Waals surface area contributed by atoms with Crippen LogP contribution in [0.3, 0.4) is 0 Å². The van der Waals surface area contributed by atoms with Crippen LogP contribution in [0.4, 0.5) is 14.7 Å². The Kier molecular flexibility index (Phi) is 6.85. The second kappa shape index (κ2) is 10.3. The first kappa shape index (κ1) is 25.4. The van der Waals surface area contributed by atoms with Crippen molar-refractivity contribution in [3.63, 3.8) is 0 Å². The van der Waals surface area contributed by atoms with Crippen LogP contribution in [-0.4, -0.2) is 33.7 Å². The van der Waals surface area contributed by atoms with E-state index in [1.807, 2.05) is 28.8 Å². The number of halogens is 2. The van der Waals surface area contributed by atoms with Crippen LogP contribution in [0.15, 0.2) is 66.7 Å². The summed E-state index contributed by atoms with van der Waals surface area (Å²) in [6.07, 6.45) is 2.60. The summed E-state index contributed by atoms with van der Waals surface area (Å²) in [5.74, 6) is -3.20. The Morgan fingerprint density at radius 2 is 1.87 bits per heavy atom. The molecule has 1 unspecified atom stereocenters. The summed E-state index contributed by atoms with van der Waals surface area (Å²) in [5, 5.41) is 19.1. The lowest BCUT2D eigenvalue weighted by Crippen LogP contribution is -2.28. The van der Waals surface area contributed by atoms with Gasteiger partial charge in [0, 0.05) is 25.6 Å². The van der Waals surface area contributed by atoms with Crippen LogP contribution in [0.1, 0.15) is 64.7 Å². The molecule has 0 aliphatic carbocycles. The number of anilines is 1. The third-order valence-corrected chi connectivity index (χ3v) is 7.33. The molecule has 2 heterocycles. The minimum absolute atomic E-state index is 0.0426. The first-order valence-electron chi connectivity index (χ1n) is 12.7. The Hall–Kier alpha value is -4.25. The van der Waals surface area contributed by atoms with E-state index in [9.17, 15) is 23.9 Å². The van der Waals surface area contributed by atoms with Gasteiger partial charge in [-0.05, 0) is 60.6 Å². The molecule has 38 heavy (non-hydrogen) atoms. The van der Waals surface area contributed by atoms with Gasteiger partial charge in [0.1, 0.15) is 0 Å². The molecule has 194 valence electrons. The molecule has 1 aliphatic heterocycles. The Morgan fingerprint density at radius 3 is 2.63 bits per heavy atom. The van der Waals surface area contributed by atoms with Gasteiger partial charge in [0.25, 0.3) is 5.92 Å². The van der Waals surface area contributed by atoms with Gasteiger partial charge in [0.05, 0.1) is 34.8 Å². The zero-order valence-corrected chi connectivity index (χ0v) is 21.1. The summed E-state index contributed by atoms with van der Waals surface area (Å²) < 4.78 is 30.8. The van der Waals surface area contributed by atoms with E-state index in [0.717, 1.165) is 31.7 Å². The molecule has 3 aromatic carbocycles. The van der Waals surface area contributed by atoms with Gasteiger partial charge in [-0.3, -0.25) is 0 Å². The van der Waals surface area contributed by atoms with Gasteiger partial charge in [-0.1, -0.05) is 42.5 Å². The van der Waals surface area contributed by atoms with Gasteiger partial charge in [0.2, 0.25) is 5.95 Å². The zero-order valence-electron chi connectivity index (χ0n) is 21.1. The predicted octanol–water partition coefficient (Wildman–Crippen LogP) is 6.54. The molecule has 1 N–H and O–H groups in total. The van der Waals surface area contributed by atoms with Crippen LogP contribution in [0.2, 0.25) is 0 Å². The van der Waals surface area contributed by atoms with E-state index in [-0.39, 0.29) is 23.6 Å². The normalized spacial score (nSPS) is 16.3. The summed E-state index contributed by atoms with van der Waals surface area (Å²) in [6.45, 7) is 2.46. The second-order valence-corrected chi connectivity index (χ2v) is 9.87. The molecule has 0 amide bonds. The maximum absolute atomic E-state index is 14.5. The summed E-state index contributed by atoms with van der Waals surface area (Å²) in [7, 11) is 0. The molecule has 6 nitrogen and oxygen atoms in total. The van der Waals surface area contributed by atoms with E-state index in [4.69, 9.17) is 4.98 Å². The molecule has 1 aliphatic rings. The molecule has 1 atom stereocenters. The number of nitrogens with zero attached hydrogens (tertiary/aromatic N) is 4. The smallest absolute Gasteiger partial charge is 0.335 e. The first-order chi connectivity index (χ1) is 18.3. The van der Waals surface area contributed by atoms with E-state index in [2.05, 4.69) is 11.0 Å². The fourth-order valence-electron chi connectivity index (χ4n) is 5.47. The SMILES string of the molecule is CC(F)(F)c1ccccc1Cn1c(N2CCCC(c3ccccc3C#N)CC2)nc2cc(C(=O)O)ccc21. The molecular weight excluding hydrogens is 486 g/mol. The number of aromatic carboxylic acids is 1. The Bertz CT molecular complexity index is 1530. The lowest BCUT2D eigenvalue weighted by atomic mass is 9.89. The molecule has 1 saturated heterocycles. The third kappa shape index (κ3) is 4.97. The van der Waals surface area contributed by atoms with Crippen molar-refractivity contribution in [3.8, 4) is 6.07 Å². The molecule has 1 fully saturated rings. The molecular formula is C30H28F2N4O2. The van der Waals surface area contributed by atoms with Crippen molar-refractivity contribution in [2.24, 2.45) is 0 Å². The number of imidazole rings is 1. The van der Waals surface area contributed by atoms with Crippen molar-refractivity contribution >= 4 is 23.0 Å². The van der Waals surface area contributed by atoms with Gasteiger partial charge in [-0.15, -0.1) is 0 Å². The minimum Gasteiger partial charge on any atom is -0.478 e. The fraction of sp³-hybridized carbons (Fsp3) is 0.300. The average molecular weight is 515 g/mol. The molecule has 0 bridgehead atoms. The van der Waals surface area contributed by atoms with E-state index >= 15 is 0 Å². The Balaban J connectivity index is 1.54. The van der Waals surface area contributed by atoms with Gasteiger partial charge in [-0.2, -0.15) is 5.26 Å². The highest BCUT2D eigenvalue weighted by Crippen LogP contribution is 2.35. The Morgan fingerprint density at radius 1 is 1.11 bits per heavy atom. The number of aromatic nitrogens is 2. The number of carboxylic acid groups (broad SMARTS) is 1. The number of carbonyl (C=O) groups is 1. The summed E-state index contributed by atoms with van der Waals surface area (Å²) in [5.41, 5.74) is 3.51. The second-order valence-electron chi connectivity index (χ2n) is 9.87. The van der Waals surface area contributed by atoms with Crippen LogP contribution in [0.5, 0.6) is 0 Å². The molecule has 4 aromatic rings. The van der Waals surface area contributed by atoms with E-state index in [1.165, 1.54) is 18.2 Å². The van der Waals surface area contributed by atoms with Crippen LogP contribution in [0, 0.1) is 11.3 Å². The predicted molar refractivity (Wildman–Crippen MR) is 142 cm³/mol. The minimum atomic E-state index is -3.01. The van der Waals surface area contributed by atoms with Crippen molar-refractivity contribution < 1.29 is 18.7 Å². The van der Waals surface area contributed by atoms with Crippen LogP contribution < -0.4 is 4.90 Å². The number of hydrogen-bond acceptors (Lipinski definition) is 4. The van der Waals surface area contributed by atoms with E-state index < -0.39 is 11.9 Å². The number of rotatable bonds is 6. The number of carboxylic acids is 1. The maximum Gasteiger partial charge on any atom is 0.335 e. The van der Waals surface area contributed by atoms with Gasteiger partial charge in [-0.25, -0.2) is 18.6 Å². The third-order valence-electron chi connectivity index (χ3n) is 7.33. The Labute approximate surface area is 219 Å². The molecule has 0 radical (unpaired) electrons. The fourth-order valence-corrected chi connectivity index (χ4v) is 5.47. The van der Waals surface area contributed by atoms with Crippen molar-refractivity contribution in [2.75, 3.05) is 18.0 Å². The quantitative estimate of drug-likeness (QED) is 0.316. The number of benzene rings is 3. The number of alkyl halides is 2. The lowest BCUT2D eigenvalue weighted by molar-refractivity contribution is 0.0164. The highest BCUT2D eigenvalue weighted by atomic mass is 19.3. The standard InChI is InChI=1S/C30H28F2N4O2/c1-30(31,32)25-11-5-3-8-23(25)19-36-27-13-12-21(28(37)38)17-26(27)34-29(36)35-15-6-9-20(14-16-35)24-10-4-2-7-22(24)18-33/h2-5,7-8,10-13,17,20H,6,9,14-16,19H2,1H3,(H,37,38). The van der Waals surface area contributed by atoms with Crippen molar-refractivity contribution in [3.05, 3.63) is 94.5 Å². The van der Waals surface area contributed by atoms with E-state index in [1.54, 1.807) is 24.3 Å². The monoisotopic (exact) mass is 514 g/mol. The molecule has 5 rings (SSSR count). The maximum atomic E-state index is 14.5. The van der Waals surface area contributed by atoms with Crippen molar-refractivity contribution in [1.82, 2.24) is 9.55 Å². The van der Waals surface area contributed by atoms with Crippen LogP contribution in [-0.2, 0) is 12.5 Å². The molecule has 1 aromatic heterocycles. The number of fused-ring (bicyclic) bond motifs is 1. The highest BCUT2D eigenvalue weighted by molar-refractivity contribution is 5.93. The van der Waals surface area contributed by atoms with Crippen LogP contribution >= 0.6 is 0 Å². The first-order valence-corrected chi connectivity index (χ1v) is 12.7. The summed E-state index contributed by atoms with van der Waals surface area (Å²) in [4.78, 5) is 18.6.